The first-order valence-electron chi connectivity index (χ1n) is 10.4. The van der Waals surface area contributed by atoms with Gasteiger partial charge in [0.1, 0.15) is 0 Å². The summed E-state index contributed by atoms with van der Waals surface area (Å²) >= 11 is 0. The van der Waals surface area contributed by atoms with Gasteiger partial charge in [-0.05, 0) is 49.2 Å². The van der Waals surface area contributed by atoms with Gasteiger partial charge >= 0.3 is 0 Å². The summed E-state index contributed by atoms with van der Waals surface area (Å²) in [5.41, 5.74) is 8.56. The van der Waals surface area contributed by atoms with Crippen molar-refractivity contribution in [2.75, 3.05) is 36.6 Å². The van der Waals surface area contributed by atoms with Gasteiger partial charge in [-0.25, -0.2) is 4.98 Å². The van der Waals surface area contributed by atoms with Crippen LogP contribution in [0.15, 0.2) is 82.2 Å². The highest BCUT2D eigenvalue weighted by atomic mass is 16.5. The van der Waals surface area contributed by atoms with Crippen molar-refractivity contribution in [1.82, 2.24) is 4.98 Å². The average molecular weight is 415 g/mol. The second-order valence-electron chi connectivity index (χ2n) is 7.35. The second-order valence-corrected chi connectivity index (χ2v) is 7.35. The molecule has 0 unspecified atom stereocenters. The summed E-state index contributed by atoms with van der Waals surface area (Å²) in [6.45, 7) is 7.57. The number of amidine groups is 1. The summed E-state index contributed by atoms with van der Waals surface area (Å²) in [6, 6.07) is 19.6. The smallest absolute Gasteiger partial charge is 0.201 e. The Labute approximate surface area is 182 Å². The minimum Gasteiger partial charge on any atom is -0.378 e. The fourth-order valence-electron chi connectivity index (χ4n) is 3.42. The van der Waals surface area contributed by atoms with Gasteiger partial charge in [0.05, 0.1) is 18.9 Å². The molecule has 2 aromatic carbocycles. The number of pyridine rings is 1. The van der Waals surface area contributed by atoms with Crippen LogP contribution >= 0.6 is 0 Å². The maximum atomic E-state index is 5.48. The first-order valence-corrected chi connectivity index (χ1v) is 10.4. The minimum absolute atomic E-state index is 0.487. The number of rotatable bonds is 5. The van der Waals surface area contributed by atoms with Gasteiger partial charge in [0, 0.05) is 30.5 Å². The summed E-state index contributed by atoms with van der Waals surface area (Å²) in [4.78, 5) is 6.56. The van der Waals surface area contributed by atoms with Crippen molar-refractivity contribution in [2.45, 2.75) is 13.8 Å². The molecule has 1 saturated heterocycles. The molecule has 1 aromatic heterocycles. The molecule has 31 heavy (non-hydrogen) atoms. The lowest BCUT2D eigenvalue weighted by Crippen LogP contribution is -2.36. The lowest BCUT2D eigenvalue weighted by molar-refractivity contribution is 0.122. The van der Waals surface area contributed by atoms with Crippen LogP contribution in [0.1, 0.15) is 16.7 Å². The van der Waals surface area contributed by atoms with Crippen LogP contribution in [0.25, 0.3) is 0 Å². The summed E-state index contributed by atoms with van der Waals surface area (Å²) in [5.74, 6) is 1.02. The third-order valence-electron chi connectivity index (χ3n) is 5.11. The number of aromatic nitrogens is 1. The number of morpholine rings is 1. The van der Waals surface area contributed by atoms with Crippen LogP contribution in [0.4, 0.5) is 17.2 Å². The first kappa shape index (κ1) is 20.7. The van der Waals surface area contributed by atoms with E-state index >= 15 is 0 Å². The molecule has 0 aliphatic carbocycles. The van der Waals surface area contributed by atoms with Crippen molar-refractivity contribution in [1.29, 1.82) is 0 Å². The predicted molar refractivity (Wildman–Crippen MR) is 124 cm³/mol. The zero-order chi connectivity index (χ0) is 21.5. The van der Waals surface area contributed by atoms with Crippen LogP contribution in [0.5, 0.6) is 0 Å². The molecule has 1 aliphatic heterocycles. The lowest BCUT2D eigenvalue weighted by Gasteiger charge is -2.30. The Morgan fingerprint density at radius 2 is 1.74 bits per heavy atom. The number of aryl methyl sites for hydroxylation is 2. The van der Waals surface area contributed by atoms with Crippen LogP contribution < -0.4 is 10.3 Å². The number of hydrogen-bond donors (Lipinski definition) is 1. The first-order chi connectivity index (χ1) is 15.2. The third kappa shape index (κ3) is 5.32. The second kappa shape index (κ2) is 9.95. The van der Waals surface area contributed by atoms with E-state index in [9.17, 15) is 0 Å². The Bertz CT molecular complexity index is 1060. The van der Waals surface area contributed by atoms with Crippen molar-refractivity contribution in [3.05, 3.63) is 83.6 Å². The summed E-state index contributed by atoms with van der Waals surface area (Å²) in [5, 5.41) is 13.2. The highest BCUT2D eigenvalue weighted by Crippen LogP contribution is 2.28. The van der Waals surface area contributed by atoms with E-state index in [2.05, 4.69) is 56.6 Å². The number of hydrogen-bond acceptors (Lipinski definition) is 6. The Morgan fingerprint density at radius 1 is 0.968 bits per heavy atom. The maximum Gasteiger partial charge on any atom is 0.201 e. The molecule has 1 N–H and O–H groups in total. The van der Waals surface area contributed by atoms with Gasteiger partial charge in [-0.2, -0.15) is 5.10 Å². The van der Waals surface area contributed by atoms with Gasteiger partial charge in [0.15, 0.2) is 5.82 Å². The van der Waals surface area contributed by atoms with Crippen LogP contribution in [0.3, 0.4) is 0 Å². The highest BCUT2D eigenvalue weighted by Gasteiger charge is 2.15. The van der Waals surface area contributed by atoms with Gasteiger partial charge in [-0.15, -0.1) is 10.2 Å². The minimum atomic E-state index is 0.487. The van der Waals surface area contributed by atoms with Gasteiger partial charge < -0.3 is 9.64 Å². The molecule has 158 valence electrons. The van der Waals surface area contributed by atoms with Crippen LogP contribution in [0, 0.1) is 13.8 Å². The van der Waals surface area contributed by atoms with E-state index in [-0.39, 0.29) is 0 Å². The predicted octanol–water partition coefficient (Wildman–Crippen LogP) is 5.09. The molecule has 7 heteroatoms. The fraction of sp³-hybridized carbons (Fsp3) is 0.250. The maximum absolute atomic E-state index is 5.48. The van der Waals surface area contributed by atoms with E-state index < -0.39 is 0 Å². The van der Waals surface area contributed by atoms with Gasteiger partial charge in [-0.3, -0.25) is 5.43 Å². The van der Waals surface area contributed by atoms with E-state index in [4.69, 9.17) is 4.74 Å². The number of hydrazone groups is 1. The number of nitrogens with zero attached hydrogens (tertiary/aromatic N) is 5. The molecule has 0 saturated carbocycles. The molecule has 0 radical (unpaired) electrons. The largest absolute Gasteiger partial charge is 0.378 e. The third-order valence-corrected chi connectivity index (χ3v) is 5.11. The van der Waals surface area contributed by atoms with E-state index in [0.717, 1.165) is 43.1 Å². The fourth-order valence-corrected chi connectivity index (χ4v) is 3.42. The average Bonchev–Trinajstić information content (AvgIpc) is 2.82. The standard InChI is InChI=1S/C24H26N6O/c1-18-17-22(30-12-14-31-15-13-30)19(2)16-21(18)26-28-24(20-8-4-3-5-9-20)29-27-23-10-6-7-11-25-23/h3-11,16-17,26H,12-15H2,1-2H3. The molecule has 3 aromatic rings. The normalized spacial score (nSPS) is 14.8. The zero-order valence-corrected chi connectivity index (χ0v) is 17.8. The summed E-state index contributed by atoms with van der Waals surface area (Å²) in [7, 11) is 0. The SMILES string of the molecule is Cc1cc(N2CCOCC2)c(C)cc1NN=C(N=Nc1ccccn1)c1ccccc1. The molecule has 2 heterocycles. The number of nitrogens with one attached hydrogen (secondary N) is 1. The topological polar surface area (TPSA) is 74.5 Å². The summed E-state index contributed by atoms with van der Waals surface area (Å²) in [6.07, 6.45) is 1.69. The molecule has 0 atom stereocenters. The molecule has 1 fully saturated rings. The van der Waals surface area contributed by atoms with Crippen LogP contribution in [-0.4, -0.2) is 37.1 Å². The highest BCUT2D eigenvalue weighted by molar-refractivity contribution is 5.99. The molecule has 0 amide bonds. The Balaban J connectivity index is 1.59. The Kier molecular flexibility index (Phi) is 6.64. The van der Waals surface area contributed by atoms with Crippen LogP contribution in [-0.2, 0) is 4.74 Å². The van der Waals surface area contributed by atoms with E-state index in [1.807, 2.05) is 42.5 Å². The molecule has 7 nitrogen and oxygen atoms in total. The number of ether oxygens (including phenoxy) is 1. The van der Waals surface area contributed by atoms with Gasteiger partial charge in [0.2, 0.25) is 5.84 Å². The van der Waals surface area contributed by atoms with Crippen molar-refractivity contribution in [2.24, 2.45) is 15.3 Å². The molecule has 1 aliphatic rings. The van der Waals surface area contributed by atoms with Gasteiger partial charge in [-0.1, -0.05) is 36.4 Å². The molecular formula is C24H26N6O. The lowest BCUT2D eigenvalue weighted by atomic mass is 10.1. The van der Waals surface area contributed by atoms with E-state index in [1.165, 1.54) is 11.3 Å². The van der Waals surface area contributed by atoms with Crippen LogP contribution in [0.2, 0.25) is 0 Å². The molecule has 0 spiro atoms. The van der Waals surface area contributed by atoms with E-state index in [0.29, 0.717) is 11.7 Å². The number of benzene rings is 2. The Hall–Kier alpha value is -3.58. The molecule has 0 bridgehead atoms. The summed E-state index contributed by atoms with van der Waals surface area (Å²) < 4.78 is 5.48. The van der Waals surface area contributed by atoms with Crippen molar-refractivity contribution in [3.8, 4) is 0 Å². The number of azo groups is 1. The van der Waals surface area contributed by atoms with Crippen molar-refractivity contribution >= 4 is 23.0 Å². The zero-order valence-electron chi connectivity index (χ0n) is 17.8. The quantitative estimate of drug-likeness (QED) is 0.273. The van der Waals surface area contributed by atoms with Crippen molar-refractivity contribution in [3.63, 3.8) is 0 Å². The monoisotopic (exact) mass is 414 g/mol. The molecule has 4 rings (SSSR count). The van der Waals surface area contributed by atoms with E-state index in [1.54, 1.807) is 12.3 Å². The Morgan fingerprint density at radius 3 is 2.48 bits per heavy atom. The van der Waals surface area contributed by atoms with Crippen molar-refractivity contribution < 1.29 is 4.74 Å². The van der Waals surface area contributed by atoms with Gasteiger partial charge in [0.25, 0.3) is 0 Å². The molecular weight excluding hydrogens is 388 g/mol. The number of anilines is 2.